The third-order valence-corrected chi connectivity index (χ3v) is 2.75. The minimum Gasteiger partial charge on any atom is -0.197 e. The van der Waals surface area contributed by atoms with Crippen molar-refractivity contribution in [3.05, 3.63) is 28.9 Å². The Balaban J connectivity index is 0.000000442. The van der Waals surface area contributed by atoms with Gasteiger partial charge in [-0.2, -0.15) is 4.37 Å². The first-order valence-corrected chi connectivity index (χ1v) is 6.44. The van der Waals surface area contributed by atoms with E-state index in [2.05, 4.69) is 4.37 Å². The van der Waals surface area contributed by atoms with Gasteiger partial charge in [0.1, 0.15) is 0 Å². The zero-order valence-corrected chi connectivity index (χ0v) is 11.5. The van der Waals surface area contributed by atoms with E-state index in [0.717, 1.165) is 15.4 Å². The fraction of sp³-hybridized carbons (Fsp3) is 0.417. The smallest absolute Gasteiger partial charge is 0.0589 e. The predicted molar refractivity (Wildman–Crippen MR) is 72.1 cm³/mol. The lowest BCUT2D eigenvalue weighted by Gasteiger charge is -1.89. The first kappa shape index (κ1) is 14.4. The second kappa shape index (κ2) is 7.66. The summed E-state index contributed by atoms with van der Waals surface area (Å²) >= 11 is 7.30. The van der Waals surface area contributed by atoms with Crippen LogP contribution in [0.15, 0.2) is 18.2 Å². The molecule has 0 atom stereocenters. The highest BCUT2D eigenvalue weighted by Gasteiger charge is 2.00. The lowest BCUT2D eigenvalue weighted by Crippen LogP contribution is -1.68. The molecule has 1 nitrogen and oxygen atoms in total. The van der Waals surface area contributed by atoms with Crippen molar-refractivity contribution in [3.8, 4) is 0 Å². The van der Waals surface area contributed by atoms with Gasteiger partial charge in [-0.1, -0.05) is 45.4 Å². The van der Waals surface area contributed by atoms with Crippen LogP contribution in [0.1, 0.15) is 33.4 Å². The summed E-state index contributed by atoms with van der Waals surface area (Å²) < 4.78 is 5.38. The molecule has 0 saturated carbocycles. The predicted octanol–water partition coefficient (Wildman–Crippen LogP) is 5.31. The van der Waals surface area contributed by atoms with E-state index in [1.165, 1.54) is 16.9 Å². The van der Waals surface area contributed by atoms with Crippen LogP contribution < -0.4 is 0 Å². The molecule has 0 spiro atoms. The van der Waals surface area contributed by atoms with Gasteiger partial charge >= 0.3 is 0 Å². The number of rotatable bonds is 0. The van der Waals surface area contributed by atoms with Crippen LogP contribution in [0, 0.1) is 6.92 Å². The van der Waals surface area contributed by atoms with Gasteiger partial charge in [-0.05, 0) is 30.6 Å². The standard InChI is InChI=1S/C8H6ClNS.2C2H6/c1-5-7-3-2-6(9)4-8(7)11-10-5;2*1-2/h2-4H,1H3;2*1-2H3. The molecule has 3 heteroatoms. The second-order valence-electron chi connectivity index (χ2n) is 2.41. The van der Waals surface area contributed by atoms with Gasteiger partial charge in [0, 0.05) is 10.4 Å². The minimum absolute atomic E-state index is 0.779. The van der Waals surface area contributed by atoms with Gasteiger partial charge in [0.15, 0.2) is 0 Å². The number of aryl methyl sites for hydroxylation is 1. The van der Waals surface area contributed by atoms with Gasteiger partial charge in [0.05, 0.1) is 10.4 Å². The number of hydrogen-bond acceptors (Lipinski definition) is 2. The summed E-state index contributed by atoms with van der Waals surface area (Å²) in [5, 5.41) is 1.99. The number of nitrogens with zero attached hydrogens (tertiary/aromatic N) is 1. The maximum Gasteiger partial charge on any atom is 0.0589 e. The Hall–Kier alpha value is -0.600. The monoisotopic (exact) mass is 243 g/mol. The molecule has 0 unspecified atom stereocenters. The number of halogens is 1. The van der Waals surface area contributed by atoms with E-state index in [1.807, 2.05) is 52.8 Å². The Morgan fingerprint density at radius 2 is 1.73 bits per heavy atom. The zero-order chi connectivity index (χ0) is 11.8. The molecule has 0 saturated heterocycles. The van der Waals surface area contributed by atoms with Gasteiger partial charge in [-0.3, -0.25) is 0 Å². The van der Waals surface area contributed by atoms with Gasteiger partial charge in [-0.15, -0.1) is 0 Å². The average molecular weight is 244 g/mol. The van der Waals surface area contributed by atoms with Gasteiger partial charge in [0.25, 0.3) is 0 Å². The van der Waals surface area contributed by atoms with Crippen molar-refractivity contribution in [2.24, 2.45) is 0 Å². The van der Waals surface area contributed by atoms with Crippen molar-refractivity contribution in [1.82, 2.24) is 4.37 Å². The topological polar surface area (TPSA) is 12.9 Å². The zero-order valence-electron chi connectivity index (χ0n) is 9.97. The van der Waals surface area contributed by atoms with E-state index in [1.54, 1.807) is 0 Å². The lowest BCUT2D eigenvalue weighted by atomic mass is 10.2. The summed E-state index contributed by atoms with van der Waals surface area (Å²) in [5.41, 5.74) is 1.08. The molecule has 0 bridgehead atoms. The molecule has 1 aromatic carbocycles. The molecule has 2 aromatic rings. The molecule has 0 N–H and O–H groups in total. The van der Waals surface area contributed by atoms with Crippen LogP contribution in [0.5, 0.6) is 0 Å². The first-order valence-electron chi connectivity index (χ1n) is 5.29. The highest BCUT2D eigenvalue weighted by molar-refractivity contribution is 7.13. The van der Waals surface area contributed by atoms with Crippen LogP contribution in [0.4, 0.5) is 0 Å². The maximum atomic E-state index is 5.81. The van der Waals surface area contributed by atoms with Crippen molar-refractivity contribution in [2.45, 2.75) is 34.6 Å². The summed E-state index contributed by atoms with van der Waals surface area (Å²) in [5.74, 6) is 0. The summed E-state index contributed by atoms with van der Waals surface area (Å²) in [6.45, 7) is 10.0. The first-order chi connectivity index (χ1) is 7.27. The Morgan fingerprint density at radius 1 is 1.13 bits per heavy atom. The highest BCUT2D eigenvalue weighted by atomic mass is 35.5. The minimum atomic E-state index is 0.779. The Kier molecular flexibility index (Phi) is 7.35. The Labute approximate surface area is 101 Å². The van der Waals surface area contributed by atoms with Crippen LogP contribution >= 0.6 is 23.1 Å². The van der Waals surface area contributed by atoms with Crippen LogP contribution in [0.25, 0.3) is 10.1 Å². The molecule has 1 heterocycles. The molecule has 1 aromatic heterocycles. The van der Waals surface area contributed by atoms with Crippen LogP contribution in [0.3, 0.4) is 0 Å². The summed E-state index contributed by atoms with van der Waals surface area (Å²) in [4.78, 5) is 0. The SMILES string of the molecule is CC.CC.Cc1nsc2cc(Cl)ccc12. The summed E-state index contributed by atoms with van der Waals surface area (Å²) in [6, 6.07) is 5.85. The largest absolute Gasteiger partial charge is 0.197 e. The van der Waals surface area contributed by atoms with Crippen molar-refractivity contribution in [2.75, 3.05) is 0 Å². The summed E-state index contributed by atoms with van der Waals surface area (Å²) in [7, 11) is 0. The molecule has 0 amide bonds. The van der Waals surface area contributed by atoms with Gasteiger partial charge < -0.3 is 0 Å². The maximum absolute atomic E-state index is 5.81. The van der Waals surface area contributed by atoms with Gasteiger partial charge in [-0.25, -0.2) is 0 Å². The lowest BCUT2D eigenvalue weighted by molar-refractivity contribution is 1.37. The van der Waals surface area contributed by atoms with Crippen molar-refractivity contribution < 1.29 is 0 Å². The van der Waals surface area contributed by atoms with Crippen LogP contribution in [0.2, 0.25) is 5.02 Å². The molecule has 84 valence electrons. The van der Waals surface area contributed by atoms with E-state index in [-0.39, 0.29) is 0 Å². The molecule has 0 aliphatic heterocycles. The van der Waals surface area contributed by atoms with Crippen molar-refractivity contribution in [1.29, 1.82) is 0 Å². The molecule has 0 aliphatic carbocycles. The molecular weight excluding hydrogens is 226 g/mol. The average Bonchev–Trinajstić information content (AvgIpc) is 2.65. The van der Waals surface area contributed by atoms with E-state index >= 15 is 0 Å². The normalized spacial score (nSPS) is 8.67. The third kappa shape index (κ3) is 3.80. The fourth-order valence-electron chi connectivity index (χ4n) is 1.04. The van der Waals surface area contributed by atoms with Crippen molar-refractivity contribution >= 4 is 33.2 Å². The van der Waals surface area contributed by atoms with E-state index < -0.39 is 0 Å². The Bertz CT molecular complexity index is 395. The third-order valence-electron chi connectivity index (χ3n) is 1.61. The number of hydrogen-bond donors (Lipinski definition) is 0. The molecule has 2 rings (SSSR count). The molecule has 0 radical (unpaired) electrons. The molecule has 0 aliphatic rings. The number of aromatic nitrogens is 1. The quantitative estimate of drug-likeness (QED) is 0.611. The second-order valence-corrected chi connectivity index (χ2v) is 3.65. The van der Waals surface area contributed by atoms with Gasteiger partial charge in [0.2, 0.25) is 0 Å². The van der Waals surface area contributed by atoms with Crippen LogP contribution in [-0.4, -0.2) is 4.37 Å². The molecular formula is C12H18ClNS. The molecule has 0 fully saturated rings. The molecule has 15 heavy (non-hydrogen) atoms. The van der Waals surface area contributed by atoms with E-state index in [0.29, 0.717) is 0 Å². The van der Waals surface area contributed by atoms with Crippen molar-refractivity contribution in [3.63, 3.8) is 0 Å². The van der Waals surface area contributed by atoms with Crippen LogP contribution in [-0.2, 0) is 0 Å². The Morgan fingerprint density at radius 3 is 2.33 bits per heavy atom. The summed E-state index contributed by atoms with van der Waals surface area (Å²) in [6.07, 6.45) is 0. The number of benzene rings is 1. The fourth-order valence-corrected chi connectivity index (χ4v) is 2.10. The van der Waals surface area contributed by atoms with E-state index in [4.69, 9.17) is 11.6 Å². The highest BCUT2D eigenvalue weighted by Crippen LogP contribution is 2.24. The van der Waals surface area contributed by atoms with E-state index in [9.17, 15) is 0 Å². The number of fused-ring (bicyclic) bond motifs is 1.